The van der Waals surface area contributed by atoms with E-state index in [1.807, 2.05) is 30.3 Å². The van der Waals surface area contributed by atoms with E-state index in [9.17, 15) is 14.4 Å². The number of hydrogen-bond donors (Lipinski definition) is 1. The van der Waals surface area contributed by atoms with E-state index < -0.39 is 41.3 Å². The van der Waals surface area contributed by atoms with Crippen molar-refractivity contribution in [2.24, 2.45) is 11.8 Å². The van der Waals surface area contributed by atoms with Crippen LogP contribution in [0.1, 0.15) is 24.9 Å². The zero-order chi connectivity index (χ0) is 15.9. The van der Waals surface area contributed by atoms with Gasteiger partial charge >= 0.3 is 17.9 Å². The number of esters is 3. The first-order valence-electron chi connectivity index (χ1n) is 7.21. The van der Waals surface area contributed by atoms with E-state index >= 15 is 0 Å². The molecule has 1 aromatic carbocycles. The quantitative estimate of drug-likeness (QED) is 0.662. The van der Waals surface area contributed by atoms with Crippen molar-refractivity contribution in [3.05, 3.63) is 35.9 Å². The van der Waals surface area contributed by atoms with Crippen LogP contribution in [0.2, 0.25) is 0 Å². The van der Waals surface area contributed by atoms with Crippen molar-refractivity contribution in [1.82, 2.24) is 5.32 Å². The van der Waals surface area contributed by atoms with Crippen LogP contribution in [-0.4, -0.2) is 30.6 Å². The molecule has 1 N–H and O–H groups in total. The van der Waals surface area contributed by atoms with Crippen molar-refractivity contribution in [3.63, 3.8) is 0 Å². The average molecular weight is 303 g/mol. The number of carbonyl (C=O) groups is 3. The van der Waals surface area contributed by atoms with E-state index in [2.05, 4.69) is 5.32 Å². The zero-order valence-electron chi connectivity index (χ0n) is 12.4. The third kappa shape index (κ3) is 1.87. The van der Waals surface area contributed by atoms with Gasteiger partial charge in [0, 0.05) is 6.04 Å². The van der Waals surface area contributed by atoms with Crippen molar-refractivity contribution >= 4 is 17.9 Å². The lowest BCUT2D eigenvalue weighted by atomic mass is 9.78. The molecule has 0 saturated carbocycles. The molecule has 6 nitrogen and oxygen atoms in total. The van der Waals surface area contributed by atoms with Gasteiger partial charge in [-0.2, -0.15) is 0 Å². The molecule has 3 rings (SSSR count). The van der Waals surface area contributed by atoms with Gasteiger partial charge in [-0.05, 0) is 12.0 Å². The Kier molecular flexibility index (Phi) is 3.48. The SMILES string of the molecule is CC[C@]1(C(=O)OC)N[C@@H](c2ccccc2)[C@H]2C(=O)OC(=O)[C@H]21. The fourth-order valence-electron chi connectivity index (χ4n) is 3.59. The molecular weight excluding hydrogens is 286 g/mol. The fourth-order valence-corrected chi connectivity index (χ4v) is 3.59. The summed E-state index contributed by atoms with van der Waals surface area (Å²) in [4.78, 5) is 36.6. The number of benzene rings is 1. The minimum Gasteiger partial charge on any atom is -0.468 e. The van der Waals surface area contributed by atoms with Crippen LogP contribution in [0.25, 0.3) is 0 Å². The number of hydrogen-bond acceptors (Lipinski definition) is 6. The molecule has 2 aliphatic heterocycles. The van der Waals surface area contributed by atoms with Gasteiger partial charge in [-0.15, -0.1) is 0 Å². The Morgan fingerprint density at radius 2 is 1.95 bits per heavy atom. The van der Waals surface area contributed by atoms with Crippen molar-refractivity contribution in [2.45, 2.75) is 24.9 Å². The van der Waals surface area contributed by atoms with Crippen LogP contribution in [-0.2, 0) is 23.9 Å². The molecule has 2 heterocycles. The molecule has 0 radical (unpaired) electrons. The Hall–Kier alpha value is -2.21. The van der Waals surface area contributed by atoms with Gasteiger partial charge in [0.25, 0.3) is 0 Å². The monoisotopic (exact) mass is 303 g/mol. The molecular formula is C16H17NO5. The molecule has 2 fully saturated rings. The van der Waals surface area contributed by atoms with Crippen LogP contribution in [0.4, 0.5) is 0 Å². The summed E-state index contributed by atoms with van der Waals surface area (Å²) in [5.74, 6) is -3.37. The first-order valence-corrected chi connectivity index (χ1v) is 7.21. The third-order valence-electron chi connectivity index (χ3n) is 4.66. The summed E-state index contributed by atoms with van der Waals surface area (Å²) in [5.41, 5.74) is -0.397. The largest absolute Gasteiger partial charge is 0.468 e. The first kappa shape index (κ1) is 14.7. The van der Waals surface area contributed by atoms with Crippen LogP contribution >= 0.6 is 0 Å². The molecule has 116 valence electrons. The highest BCUT2D eigenvalue weighted by Crippen LogP contribution is 2.49. The summed E-state index contributed by atoms with van der Waals surface area (Å²) in [6, 6.07) is 8.81. The molecule has 0 aliphatic carbocycles. The summed E-state index contributed by atoms with van der Waals surface area (Å²) >= 11 is 0. The molecule has 0 amide bonds. The Bertz CT molecular complexity index is 629. The van der Waals surface area contributed by atoms with Crippen LogP contribution in [0.15, 0.2) is 30.3 Å². The highest BCUT2D eigenvalue weighted by molar-refractivity contribution is 6.02. The van der Waals surface area contributed by atoms with Crippen LogP contribution in [0.3, 0.4) is 0 Å². The molecule has 0 spiro atoms. The molecule has 2 aliphatic rings. The maximum absolute atomic E-state index is 12.3. The third-order valence-corrected chi connectivity index (χ3v) is 4.66. The number of cyclic esters (lactones) is 2. The van der Waals surface area contributed by atoms with E-state index in [-0.39, 0.29) is 0 Å². The van der Waals surface area contributed by atoms with Crippen molar-refractivity contribution in [1.29, 1.82) is 0 Å². The lowest BCUT2D eigenvalue weighted by Gasteiger charge is -2.29. The highest BCUT2D eigenvalue weighted by atomic mass is 16.6. The lowest BCUT2D eigenvalue weighted by Crippen LogP contribution is -2.54. The minimum absolute atomic E-state index is 0.326. The van der Waals surface area contributed by atoms with E-state index in [1.165, 1.54) is 7.11 Å². The number of rotatable bonds is 3. The topological polar surface area (TPSA) is 81.7 Å². The number of fused-ring (bicyclic) bond motifs is 1. The minimum atomic E-state index is -1.23. The normalized spacial score (nSPS) is 33.5. The Balaban J connectivity index is 2.10. The number of carbonyl (C=O) groups excluding carboxylic acids is 3. The second-order valence-corrected chi connectivity index (χ2v) is 5.59. The van der Waals surface area contributed by atoms with E-state index in [4.69, 9.17) is 9.47 Å². The van der Waals surface area contributed by atoms with Crippen LogP contribution < -0.4 is 5.32 Å². The van der Waals surface area contributed by atoms with Crippen LogP contribution in [0.5, 0.6) is 0 Å². The van der Waals surface area contributed by atoms with Gasteiger partial charge in [-0.25, -0.2) is 0 Å². The summed E-state index contributed by atoms with van der Waals surface area (Å²) < 4.78 is 9.69. The van der Waals surface area contributed by atoms with E-state index in [0.717, 1.165) is 5.56 Å². The van der Waals surface area contributed by atoms with Gasteiger partial charge in [0.15, 0.2) is 0 Å². The number of methoxy groups -OCH3 is 1. The van der Waals surface area contributed by atoms with E-state index in [1.54, 1.807) is 6.92 Å². The second kappa shape index (κ2) is 5.21. The van der Waals surface area contributed by atoms with Gasteiger partial charge < -0.3 is 9.47 Å². The first-order chi connectivity index (χ1) is 10.5. The molecule has 0 bridgehead atoms. The average Bonchev–Trinajstić information content (AvgIpc) is 3.05. The van der Waals surface area contributed by atoms with Crippen molar-refractivity contribution in [3.8, 4) is 0 Å². The predicted octanol–water partition coefficient (Wildman–Crippen LogP) is 0.969. The maximum Gasteiger partial charge on any atom is 0.327 e. The lowest BCUT2D eigenvalue weighted by molar-refractivity contribution is -0.160. The van der Waals surface area contributed by atoms with Crippen molar-refractivity contribution < 1.29 is 23.9 Å². The maximum atomic E-state index is 12.3. The number of ether oxygens (including phenoxy) is 2. The zero-order valence-corrected chi connectivity index (χ0v) is 12.4. The summed E-state index contributed by atoms with van der Waals surface area (Å²) in [5, 5.41) is 3.19. The standard InChI is InChI=1S/C16H17NO5/c1-3-16(15(20)21-2)11-10(13(18)22-14(11)19)12(17-16)9-7-5-4-6-8-9/h4-8,10-12,17H,3H2,1-2H3/t10-,11-,12-,16-/m0/s1. The molecule has 2 saturated heterocycles. The molecule has 1 aromatic rings. The molecule has 6 heteroatoms. The van der Waals surface area contributed by atoms with E-state index in [0.29, 0.717) is 6.42 Å². The molecule has 0 unspecified atom stereocenters. The van der Waals surface area contributed by atoms with Gasteiger partial charge in [-0.1, -0.05) is 37.3 Å². The smallest absolute Gasteiger partial charge is 0.327 e. The van der Waals surface area contributed by atoms with Crippen LogP contribution in [0, 0.1) is 11.8 Å². The predicted molar refractivity (Wildman–Crippen MR) is 75.4 cm³/mol. The highest BCUT2D eigenvalue weighted by Gasteiger charge is 2.67. The Morgan fingerprint density at radius 3 is 2.55 bits per heavy atom. The summed E-state index contributed by atoms with van der Waals surface area (Å²) in [6.45, 7) is 1.78. The number of nitrogens with one attached hydrogen (secondary N) is 1. The fraction of sp³-hybridized carbons (Fsp3) is 0.438. The van der Waals surface area contributed by atoms with Gasteiger partial charge in [0.1, 0.15) is 11.5 Å². The molecule has 0 aromatic heterocycles. The summed E-state index contributed by atoms with van der Waals surface area (Å²) in [6.07, 6.45) is 0.326. The summed E-state index contributed by atoms with van der Waals surface area (Å²) in [7, 11) is 1.27. The van der Waals surface area contributed by atoms with Gasteiger partial charge in [0.2, 0.25) is 0 Å². The van der Waals surface area contributed by atoms with Gasteiger partial charge in [-0.3, -0.25) is 19.7 Å². The Morgan fingerprint density at radius 1 is 1.27 bits per heavy atom. The molecule has 22 heavy (non-hydrogen) atoms. The van der Waals surface area contributed by atoms with Crippen molar-refractivity contribution in [2.75, 3.05) is 7.11 Å². The van der Waals surface area contributed by atoms with Gasteiger partial charge in [0.05, 0.1) is 13.0 Å². The molecule has 4 atom stereocenters. The Labute approximate surface area is 127 Å². The second-order valence-electron chi connectivity index (χ2n) is 5.59.